The second kappa shape index (κ2) is 6.13. The van der Waals surface area contributed by atoms with Crippen molar-refractivity contribution in [2.24, 2.45) is 0 Å². The molecule has 0 fully saturated rings. The van der Waals surface area contributed by atoms with Gasteiger partial charge in [-0.2, -0.15) is 5.48 Å². The number of pyridine rings is 1. The Kier molecular flexibility index (Phi) is 4.24. The van der Waals surface area contributed by atoms with Crippen LogP contribution in [0, 0.1) is 0 Å². The predicted molar refractivity (Wildman–Crippen MR) is 67.0 cm³/mol. The Morgan fingerprint density at radius 1 is 1.12 bits per heavy atom. The highest BCUT2D eigenvalue weighted by molar-refractivity contribution is 5.13. The van der Waals surface area contributed by atoms with Crippen LogP contribution in [0.25, 0.3) is 0 Å². The molecule has 3 nitrogen and oxygen atoms in total. The molecule has 1 unspecified atom stereocenters. The average Bonchev–Trinajstić information content (AvgIpc) is 2.41. The molecule has 0 aliphatic rings. The van der Waals surface area contributed by atoms with Crippen LogP contribution >= 0.6 is 0 Å². The Morgan fingerprint density at radius 3 is 2.59 bits per heavy atom. The van der Waals surface area contributed by atoms with E-state index in [0.717, 1.165) is 11.3 Å². The van der Waals surface area contributed by atoms with Crippen LogP contribution in [0.1, 0.15) is 24.2 Å². The molecule has 88 valence electrons. The predicted octanol–water partition coefficient (Wildman–Crippen LogP) is 2.86. The zero-order valence-electron chi connectivity index (χ0n) is 9.84. The van der Waals surface area contributed by atoms with Gasteiger partial charge in [-0.05, 0) is 24.6 Å². The van der Waals surface area contributed by atoms with Crippen molar-refractivity contribution in [2.75, 3.05) is 0 Å². The van der Waals surface area contributed by atoms with E-state index in [4.69, 9.17) is 4.84 Å². The summed E-state index contributed by atoms with van der Waals surface area (Å²) in [7, 11) is 0. The third-order valence-corrected chi connectivity index (χ3v) is 2.47. The number of rotatable bonds is 5. The van der Waals surface area contributed by atoms with Crippen LogP contribution in [0.4, 0.5) is 0 Å². The zero-order chi connectivity index (χ0) is 11.9. The number of hydrogen-bond acceptors (Lipinski definition) is 3. The van der Waals surface area contributed by atoms with E-state index in [1.165, 1.54) is 0 Å². The van der Waals surface area contributed by atoms with Gasteiger partial charge in [0, 0.05) is 6.20 Å². The Balaban J connectivity index is 1.79. The van der Waals surface area contributed by atoms with Gasteiger partial charge in [0.25, 0.3) is 0 Å². The van der Waals surface area contributed by atoms with Crippen LogP contribution in [0.2, 0.25) is 0 Å². The highest BCUT2D eigenvalue weighted by Gasteiger charge is 2.04. The quantitative estimate of drug-likeness (QED) is 0.799. The summed E-state index contributed by atoms with van der Waals surface area (Å²) in [6.45, 7) is 2.57. The van der Waals surface area contributed by atoms with Crippen molar-refractivity contribution in [3.8, 4) is 0 Å². The topological polar surface area (TPSA) is 34.1 Å². The number of nitrogens with one attached hydrogen (secondary N) is 1. The smallest absolute Gasteiger partial charge is 0.0933 e. The van der Waals surface area contributed by atoms with E-state index in [9.17, 15) is 0 Å². The molecule has 1 N–H and O–H groups in total. The van der Waals surface area contributed by atoms with E-state index in [2.05, 4.69) is 10.5 Å². The van der Waals surface area contributed by atoms with E-state index in [-0.39, 0.29) is 6.04 Å². The number of nitrogens with zero attached hydrogens (tertiary/aromatic N) is 1. The molecule has 1 aromatic heterocycles. The highest BCUT2D eigenvalue weighted by atomic mass is 16.6. The Labute approximate surface area is 101 Å². The molecule has 0 aliphatic heterocycles. The van der Waals surface area contributed by atoms with Crippen LogP contribution in [-0.4, -0.2) is 4.98 Å². The van der Waals surface area contributed by atoms with Gasteiger partial charge < -0.3 is 0 Å². The van der Waals surface area contributed by atoms with E-state index in [1.54, 1.807) is 6.20 Å². The van der Waals surface area contributed by atoms with Gasteiger partial charge >= 0.3 is 0 Å². The van der Waals surface area contributed by atoms with Crippen molar-refractivity contribution < 1.29 is 4.84 Å². The molecule has 1 heterocycles. The van der Waals surface area contributed by atoms with Gasteiger partial charge in [0.1, 0.15) is 0 Å². The summed E-state index contributed by atoms with van der Waals surface area (Å²) < 4.78 is 0. The van der Waals surface area contributed by atoms with Gasteiger partial charge in [-0.15, -0.1) is 0 Å². The second-order valence-corrected chi connectivity index (χ2v) is 3.87. The minimum atomic E-state index is 0.0833. The maximum absolute atomic E-state index is 5.45. The third kappa shape index (κ3) is 3.66. The number of aromatic nitrogens is 1. The molecule has 2 rings (SSSR count). The molecule has 0 saturated carbocycles. The fourth-order valence-corrected chi connectivity index (χ4v) is 1.52. The van der Waals surface area contributed by atoms with Crippen molar-refractivity contribution in [1.82, 2.24) is 10.5 Å². The van der Waals surface area contributed by atoms with E-state index in [1.807, 2.05) is 55.5 Å². The fraction of sp³-hybridized carbons (Fsp3) is 0.214. The maximum Gasteiger partial charge on any atom is 0.0933 e. The molecular weight excluding hydrogens is 212 g/mol. The van der Waals surface area contributed by atoms with E-state index >= 15 is 0 Å². The third-order valence-electron chi connectivity index (χ3n) is 2.47. The lowest BCUT2D eigenvalue weighted by Gasteiger charge is -2.13. The second-order valence-electron chi connectivity index (χ2n) is 3.87. The lowest BCUT2D eigenvalue weighted by Crippen LogP contribution is -2.19. The summed E-state index contributed by atoms with van der Waals surface area (Å²) in [6, 6.07) is 16.0. The van der Waals surface area contributed by atoms with Crippen LogP contribution in [0.5, 0.6) is 0 Å². The Bertz CT molecular complexity index is 430. The molecule has 0 aliphatic carbocycles. The molecule has 0 spiro atoms. The summed E-state index contributed by atoms with van der Waals surface area (Å²) in [4.78, 5) is 9.71. The number of hydrogen-bond donors (Lipinski definition) is 1. The van der Waals surface area contributed by atoms with Crippen LogP contribution in [0.15, 0.2) is 54.7 Å². The van der Waals surface area contributed by atoms with Gasteiger partial charge in [-0.1, -0.05) is 36.4 Å². The highest BCUT2D eigenvalue weighted by Crippen LogP contribution is 2.08. The summed E-state index contributed by atoms with van der Waals surface area (Å²) in [5, 5.41) is 0. The standard InChI is InChI=1S/C14H16N2O/c1-12(14-9-5-6-10-15-14)16-17-11-13-7-3-2-4-8-13/h2-10,12,16H,11H2,1H3. The van der Waals surface area contributed by atoms with E-state index in [0.29, 0.717) is 6.61 Å². The molecule has 2 aromatic rings. The van der Waals surface area contributed by atoms with Gasteiger partial charge in [0.05, 0.1) is 18.3 Å². The number of benzene rings is 1. The monoisotopic (exact) mass is 228 g/mol. The Hall–Kier alpha value is -1.71. The summed E-state index contributed by atoms with van der Waals surface area (Å²) in [6.07, 6.45) is 1.78. The molecule has 1 atom stereocenters. The first kappa shape index (κ1) is 11.8. The van der Waals surface area contributed by atoms with Gasteiger partial charge in [-0.25, -0.2) is 0 Å². The van der Waals surface area contributed by atoms with Gasteiger partial charge in [0.2, 0.25) is 0 Å². The molecular formula is C14H16N2O. The van der Waals surface area contributed by atoms with Crippen LogP contribution < -0.4 is 5.48 Å². The van der Waals surface area contributed by atoms with Crippen molar-refractivity contribution in [3.63, 3.8) is 0 Å². The first-order valence-corrected chi connectivity index (χ1v) is 5.68. The average molecular weight is 228 g/mol. The van der Waals surface area contributed by atoms with Crippen LogP contribution in [-0.2, 0) is 11.4 Å². The fourth-order valence-electron chi connectivity index (χ4n) is 1.52. The molecule has 17 heavy (non-hydrogen) atoms. The largest absolute Gasteiger partial charge is 0.296 e. The molecule has 0 saturated heterocycles. The minimum absolute atomic E-state index is 0.0833. The molecule has 0 radical (unpaired) electrons. The molecule has 0 bridgehead atoms. The SMILES string of the molecule is CC(NOCc1ccccc1)c1ccccn1. The summed E-state index contributed by atoms with van der Waals surface area (Å²) in [5.41, 5.74) is 5.10. The first-order valence-electron chi connectivity index (χ1n) is 5.68. The van der Waals surface area contributed by atoms with E-state index < -0.39 is 0 Å². The summed E-state index contributed by atoms with van der Waals surface area (Å²) in [5.74, 6) is 0. The number of hydroxylamine groups is 1. The lowest BCUT2D eigenvalue weighted by molar-refractivity contribution is 0.00612. The zero-order valence-corrected chi connectivity index (χ0v) is 9.84. The van der Waals surface area contributed by atoms with Crippen molar-refractivity contribution in [3.05, 3.63) is 66.0 Å². The Morgan fingerprint density at radius 2 is 1.88 bits per heavy atom. The van der Waals surface area contributed by atoms with Gasteiger partial charge in [0.15, 0.2) is 0 Å². The molecule has 1 aromatic carbocycles. The minimum Gasteiger partial charge on any atom is -0.296 e. The lowest BCUT2D eigenvalue weighted by atomic mass is 10.2. The first-order chi connectivity index (χ1) is 8.36. The van der Waals surface area contributed by atoms with Crippen molar-refractivity contribution in [2.45, 2.75) is 19.6 Å². The van der Waals surface area contributed by atoms with Crippen molar-refractivity contribution >= 4 is 0 Å². The summed E-state index contributed by atoms with van der Waals surface area (Å²) >= 11 is 0. The van der Waals surface area contributed by atoms with Crippen molar-refractivity contribution in [1.29, 1.82) is 0 Å². The normalized spacial score (nSPS) is 12.3. The molecule has 0 amide bonds. The van der Waals surface area contributed by atoms with Gasteiger partial charge in [-0.3, -0.25) is 9.82 Å². The molecule has 3 heteroatoms. The van der Waals surface area contributed by atoms with Crippen LogP contribution in [0.3, 0.4) is 0 Å². The maximum atomic E-state index is 5.45.